The molecule has 2 aromatic carbocycles. The second-order valence-corrected chi connectivity index (χ2v) is 8.22. The second kappa shape index (κ2) is 9.16. The van der Waals surface area contributed by atoms with Crippen LogP contribution >= 0.6 is 0 Å². The molecule has 1 N–H and O–H groups in total. The van der Waals surface area contributed by atoms with E-state index in [1.807, 2.05) is 42.2 Å². The highest BCUT2D eigenvalue weighted by Crippen LogP contribution is 2.20. The first-order valence-electron chi connectivity index (χ1n) is 10.7. The SMILES string of the molecule is Cc1ccc(Nc2nc(C)cc(N3CCN(C(=O)Cc4cccc(C)c4)CC3)n2)cc1. The largest absolute Gasteiger partial charge is 0.353 e. The van der Waals surface area contributed by atoms with Crippen molar-refractivity contribution in [1.29, 1.82) is 0 Å². The molecule has 1 aliphatic rings. The molecule has 0 radical (unpaired) electrons. The van der Waals surface area contributed by atoms with E-state index in [0.29, 0.717) is 25.5 Å². The number of hydrogen-bond donors (Lipinski definition) is 1. The van der Waals surface area contributed by atoms with Crippen molar-refractivity contribution < 1.29 is 4.79 Å². The van der Waals surface area contributed by atoms with Crippen LogP contribution in [0.5, 0.6) is 0 Å². The second-order valence-electron chi connectivity index (χ2n) is 8.22. The highest BCUT2D eigenvalue weighted by atomic mass is 16.2. The number of nitrogens with one attached hydrogen (secondary N) is 1. The van der Waals surface area contributed by atoms with Crippen LogP contribution in [0.25, 0.3) is 0 Å². The van der Waals surface area contributed by atoms with Crippen LogP contribution in [0.3, 0.4) is 0 Å². The van der Waals surface area contributed by atoms with Crippen molar-refractivity contribution in [2.45, 2.75) is 27.2 Å². The Morgan fingerprint density at radius 1 is 0.903 bits per heavy atom. The van der Waals surface area contributed by atoms with E-state index < -0.39 is 0 Å². The number of anilines is 3. The van der Waals surface area contributed by atoms with Gasteiger partial charge in [0, 0.05) is 43.6 Å². The first kappa shape index (κ1) is 20.8. The lowest BCUT2D eigenvalue weighted by molar-refractivity contribution is -0.130. The third-order valence-corrected chi connectivity index (χ3v) is 5.54. The fraction of sp³-hybridized carbons (Fsp3) is 0.320. The predicted octanol–water partition coefficient (Wildman–Crippen LogP) is 4.04. The number of carbonyl (C=O) groups excluding carboxylic acids is 1. The van der Waals surface area contributed by atoms with E-state index in [2.05, 4.69) is 53.3 Å². The third kappa shape index (κ3) is 5.40. The Morgan fingerprint density at radius 3 is 2.35 bits per heavy atom. The van der Waals surface area contributed by atoms with Gasteiger partial charge < -0.3 is 15.1 Å². The van der Waals surface area contributed by atoms with Gasteiger partial charge in [-0.25, -0.2) is 4.98 Å². The van der Waals surface area contributed by atoms with Crippen molar-refractivity contribution >= 4 is 23.4 Å². The minimum absolute atomic E-state index is 0.186. The van der Waals surface area contributed by atoms with Crippen molar-refractivity contribution in [3.8, 4) is 0 Å². The van der Waals surface area contributed by atoms with Gasteiger partial charge in [0.2, 0.25) is 11.9 Å². The van der Waals surface area contributed by atoms with Gasteiger partial charge in [0.1, 0.15) is 5.82 Å². The molecule has 0 aliphatic carbocycles. The Hall–Kier alpha value is -3.41. The van der Waals surface area contributed by atoms with Gasteiger partial charge in [-0.3, -0.25) is 4.79 Å². The summed E-state index contributed by atoms with van der Waals surface area (Å²) in [5.74, 6) is 1.68. The summed E-state index contributed by atoms with van der Waals surface area (Å²) in [4.78, 5) is 26.2. The Bertz CT molecular complexity index is 1060. The molecule has 1 fully saturated rings. The van der Waals surface area contributed by atoms with Gasteiger partial charge in [-0.05, 0) is 38.5 Å². The normalized spacial score (nSPS) is 13.9. The molecule has 160 valence electrons. The molecule has 0 atom stereocenters. The van der Waals surface area contributed by atoms with E-state index in [1.54, 1.807) is 0 Å². The minimum atomic E-state index is 0.186. The molecule has 1 saturated heterocycles. The van der Waals surface area contributed by atoms with E-state index in [1.165, 1.54) is 11.1 Å². The van der Waals surface area contributed by atoms with Crippen molar-refractivity contribution in [3.63, 3.8) is 0 Å². The van der Waals surface area contributed by atoms with Crippen LogP contribution in [0.4, 0.5) is 17.5 Å². The number of aromatic nitrogens is 2. The number of aryl methyl sites for hydroxylation is 3. The number of rotatable bonds is 5. The smallest absolute Gasteiger partial charge is 0.229 e. The van der Waals surface area contributed by atoms with E-state index in [4.69, 9.17) is 4.98 Å². The van der Waals surface area contributed by atoms with Gasteiger partial charge in [-0.1, -0.05) is 47.5 Å². The highest BCUT2D eigenvalue weighted by Gasteiger charge is 2.22. The lowest BCUT2D eigenvalue weighted by atomic mass is 10.1. The summed E-state index contributed by atoms with van der Waals surface area (Å²) in [5.41, 5.74) is 5.35. The standard InChI is InChI=1S/C25H29N5O/c1-18-7-9-22(10-8-18)27-25-26-20(3)16-23(28-25)29-11-13-30(14-12-29)24(31)17-21-6-4-5-19(2)15-21/h4-10,15-16H,11-14,17H2,1-3H3,(H,26,27,28). The summed E-state index contributed by atoms with van der Waals surface area (Å²) in [6.07, 6.45) is 0.457. The Kier molecular flexibility index (Phi) is 6.16. The maximum Gasteiger partial charge on any atom is 0.229 e. The van der Waals surface area contributed by atoms with E-state index in [-0.39, 0.29) is 5.91 Å². The van der Waals surface area contributed by atoms with Crippen LogP contribution < -0.4 is 10.2 Å². The summed E-state index contributed by atoms with van der Waals surface area (Å²) in [7, 11) is 0. The quantitative estimate of drug-likeness (QED) is 0.682. The Labute approximate surface area is 183 Å². The molecule has 3 aromatic rings. The number of benzene rings is 2. The molecule has 0 spiro atoms. The highest BCUT2D eigenvalue weighted by molar-refractivity contribution is 5.79. The summed E-state index contributed by atoms with van der Waals surface area (Å²) in [5, 5.41) is 3.30. The molecule has 1 amide bonds. The summed E-state index contributed by atoms with van der Waals surface area (Å²) in [6, 6.07) is 18.4. The zero-order valence-electron chi connectivity index (χ0n) is 18.4. The van der Waals surface area contributed by atoms with Gasteiger partial charge in [-0.2, -0.15) is 4.98 Å². The first-order chi connectivity index (χ1) is 15.0. The van der Waals surface area contributed by atoms with Gasteiger partial charge in [0.25, 0.3) is 0 Å². The number of amides is 1. The monoisotopic (exact) mass is 415 g/mol. The fourth-order valence-electron chi connectivity index (χ4n) is 3.83. The molecule has 31 heavy (non-hydrogen) atoms. The maximum atomic E-state index is 12.7. The van der Waals surface area contributed by atoms with Crippen LogP contribution in [0.15, 0.2) is 54.6 Å². The molecule has 1 aromatic heterocycles. The van der Waals surface area contributed by atoms with Crippen molar-refractivity contribution in [2.24, 2.45) is 0 Å². The molecular formula is C25H29N5O. The molecular weight excluding hydrogens is 386 g/mol. The molecule has 4 rings (SSSR count). The van der Waals surface area contributed by atoms with Gasteiger partial charge in [0.15, 0.2) is 0 Å². The first-order valence-corrected chi connectivity index (χ1v) is 10.7. The zero-order valence-corrected chi connectivity index (χ0v) is 18.4. The van der Waals surface area contributed by atoms with Crippen LogP contribution in [0, 0.1) is 20.8 Å². The van der Waals surface area contributed by atoms with Gasteiger partial charge >= 0.3 is 0 Å². The van der Waals surface area contributed by atoms with Crippen LogP contribution in [-0.4, -0.2) is 47.0 Å². The van der Waals surface area contributed by atoms with Crippen LogP contribution in [0.2, 0.25) is 0 Å². The number of piperazine rings is 1. The Balaban J connectivity index is 1.38. The predicted molar refractivity (Wildman–Crippen MR) is 125 cm³/mol. The molecule has 1 aliphatic heterocycles. The molecule has 0 unspecified atom stereocenters. The number of carbonyl (C=O) groups is 1. The lowest BCUT2D eigenvalue weighted by Gasteiger charge is -2.35. The van der Waals surface area contributed by atoms with Crippen molar-refractivity contribution in [3.05, 3.63) is 77.0 Å². The minimum Gasteiger partial charge on any atom is -0.353 e. The third-order valence-electron chi connectivity index (χ3n) is 5.54. The average molecular weight is 416 g/mol. The van der Waals surface area contributed by atoms with E-state index in [0.717, 1.165) is 35.9 Å². The van der Waals surface area contributed by atoms with Crippen LogP contribution in [0.1, 0.15) is 22.4 Å². The Morgan fingerprint density at radius 2 is 1.65 bits per heavy atom. The van der Waals surface area contributed by atoms with Crippen molar-refractivity contribution in [2.75, 3.05) is 36.4 Å². The zero-order chi connectivity index (χ0) is 21.8. The maximum absolute atomic E-state index is 12.7. The topological polar surface area (TPSA) is 61.4 Å². The molecule has 0 saturated carbocycles. The van der Waals surface area contributed by atoms with E-state index in [9.17, 15) is 4.79 Å². The van der Waals surface area contributed by atoms with Crippen LogP contribution in [-0.2, 0) is 11.2 Å². The van der Waals surface area contributed by atoms with E-state index >= 15 is 0 Å². The lowest BCUT2D eigenvalue weighted by Crippen LogP contribution is -2.49. The summed E-state index contributed by atoms with van der Waals surface area (Å²) >= 11 is 0. The molecule has 6 nitrogen and oxygen atoms in total. The summed E-state index contributed by atoms with van der Waals surface area (Å²) in [6.45, 7) is 9.03. The number of hydrogen-bond acceptors (Lipinski definition) is 5. The van der Waals surface area contributed by atoms with Crippen molar-refractivity contribution in [1.82, 2.24) is 14.9 Å². The fourth-order valence-corrected chi connectivity index (χ4v) is 3.83. The molecule has 2 heterocycles. The average Bonchev–Trinajstić information content (AvgIpc) is 2.75. The molecule has 0 bridgehead atoms. The van der Waals surface area contributed by atoms with Gasteiger partial charge in [-0.15, -0.1) is 0 Å². The number of nitrogens with zero attached hydrogens (tertiary/aromatic N) is 4. The van der Waals surface area contributed by atoms with Gasteiger partial charge in [0.05, 0.1) is 6.42 Å². The molecule has 6 heteroatoms. The summed E-state index contributed by atoms with van der Waals surface area (Å²) < 4.78 is 0.